The maximum absolute atomic E-state index is 12.6. The van der Waals surface area contributed by atoms with Gasteiger partial charge in [0.05, 0.1) is 5.69 Å². The molecule has 3 heterocycles. The average molecular weight is 467 g/mol. The van der Waals surface area contributed by atoms with E-state index in [4.69, 9.17) is 9.15 Å². The number of aryl methyl sites for hydroxylation is 1. The number of nitrogens with zero attached hydrogens (tertiary/aromatic N) is 4. The molecular formula is C26H21N5O4. The number of amides is 1. The Morgan fingerprint density at radius 2 is 1.74 bits per heavy atom. The summed E-state index contributed by atoms with van der Waals surface area (Å²) in [7, 11) is 0. The van der Waals surface area contributed by atoms with Crippen LogP contribution in [0.25, 0.3) is 16.8 Å². The van der Waals surface area contributed by atoms with Crippen LogP contribution in [0.15, 0.2) is 75.9 Å². The Morgan fingerprint density at radius 1 is 0.971 bits per heavy atom. The summed E-state index contributed by atoms with van der Waals surface area (Å²) in [6.07, 6.45) is 0. The molecule has 0 atom stereocenters. The number of anilines is 1. The monoisotopic (exact) mass is 467 g/mol. The number of hydrogen-bond acceptors (Lipinski definition) is 7. The predicted molar refractivity (Wildman–Crippen MR) is 130 cm³/mol. The Bertz CT molecular complexity index is 1600. The van der Waals surface area contributed by atoms with E-state index in [1.54, 1.807) is 65.3 Å². The van der Waals surface area contributed by atoms with Gasteiger partial charge in [-0.25, -0.2) is 9.48 Å². The number of aromatic nitrogens is 4. The zero-order valence-electron chi connectivity index (χ0n) is 19.3. The van der Waals surface area contributed by atoms with Crippen molar-refractivity contribution in [3.63, 3.8) is 0 Å². The van der Waals surface area contributed by atoms with Gasteiger partial charge in [0.2, 0.25) is 5.88 Å². The summed E-state index contributed by atoms with van der Waals surface area (Å²) in [6, 6.07) is 18.7. The van der Waals surface area contributed by atoms with Crippen LogP contribution in [0.4, 0.5) is 5.69 Å². The Morgan fingerprint density at radius 3 is 2.43 bits per heavy atom. The highest BCUT2D eigenvalue weighted by molar-refractivity contribution is 6.05. The molecule has 0 spiro atoms. The molecule has 0 aliphatic carbocycles. The first-order chi connectivity index (χ1) is 16.9. The van der Waals surface area contributed by atoms with Crippen LogP contribution in [0.2, 0.25) is 0 Å². The molecule has 1 N–H and O–H groups in total. The van der Waals surface area contributed by atoms with E-state index < -0.39 is 11.5 Å². The fraction of sp³-hybridized carbons (Fsp3) is 0.115. The molecule has 9 heteroatoms. The van der Waals surface area contributed by atoms with Crippen LogP contribution in [0.3, 0.4) is 0 Å². The van der Waals surface area contributed by atoms with Crippen molar-refractivity contribution in [2.75, 3.05) is 5.32 Å². The predicted octanol–water partition coefficient (Wildman–Crippen LogP) is 4.74. The maximum Gasteiger partial charge on any atom is 0.349 e. The van der Waals surface area contributed by atoms with E-state index >= 15 is 0 Å². The number of benzene rings is 2. The number of nitrogens with one attached hydrogen (secondary N) is 1. The van der Waals surface area contributed by atoms with E-state index in [1.165, 1.54) is 6.07 Å². The molecule has 2 aromatic carbocycles. The van der Waals surface area contributed by atoms with Gasteiger partial charge in [-0.15, -0.1) is 10.2 Å². The first-order valence-corrected chi connectivity index (χ1v) is 10.9. The van der Waals surface area contributed by atoms with Gasteiger partial charge in [-0.2, -0.15) is 5.10 Å². The van der Waals surface area contributed by atoms with Crippen LogP contribution in [0.1, 0.15) is 27.3 Å². The Hall–Kier alpha value is -4.79. The smallest absolute Gasteiger partial charge is 0.349 e. The van der Waals surface area contributed by atoms with Gasteiger partial charge in [0.15, 0.2) is 5.82 Å². The van der Waals surface area contributed by atoms with E-state index in [0.29, 0.717) is 34.1 Å². The number of para-hydroxylation sites is 1. The zero-order chi connectivity index (χ0) is 24.5. The molecule has 0 aliphatic rings. The second-order valence-electron chi connectivity index (χ2n) is 8.00. The number of ether oxygens (including phenoxy) is 1. The lowest BCUT2D eigenvalue weighted by Gasteiger charge is -2.08. The first-order valence-electron chi connectivity index (χ1n) is 10.9. The van der Waals surface area contributed by atoms with Crippen molar-refractivity contribution in [1.82, 2.24) is 20.0 Å². The van der Waals surface area contributed by atoms with Gasteiger partial charge in [-0.1, -0.05) is 18.2 Å². The lowest BCUT2D eigenvalue weighted by atomic mass is 10.1. The molecule has 0 fully saturated rings. The van der Waals surface area contributed by atoms with Gasteiger partial charge in [0.25, 0.3) is 5.91 Å². The van der Waals surface area contributed by atoms with Crippen LogP contribution in [0, 0.1) is 20.8 Å². The van der Waals surface area contributed by atoms with Gasteiger partial charge >= 0.3 is 5.63 Å². The Kier molecular flexibility index (Phi) is 5.58. The lowest BCUT2D eigenvalue weighted by Crippen LogP contribution is -2.20. The second-order valence-corrected chi connectivity index (χ2v) is 8.00. The molecule has 0 radical (unpaired) electrons. The molecule has 5 rings (SSSR count). The number of fused-ring (bicyclic) bond motifs is 1. The number of carbonyl (C=O) groups is 1. The molecule has 35 heavy (non-hydrogen) atoms. The largest absolute Gasteiger partial charge is 0.438 e. The molecule has 1 amide bonds. The van der Waals surface area contributed by atoms with Crippen LogP contribution >= 0.6 is 0 Å². The van der Waals surface area contributed by atoms with Crippen LogP contribution in [0.5, 0.6) is 11.6 Å². The topological polar surface area (TPSA) is 112 Å². The highest BCUT2D eigenvalue weighted by Crippen LogP contribution is 2.23. The molecule has 0 unspecified atom stereocenters. The highest BCUT2D eigenvalue weighted by atomic mass is 16.5. The third kappa shape index (κ3) is 4.39. The summed E-state index contributed by atoms with van der Waals surface area (Å²) in [5, 5.41) is 16.2. The summed E-state index contributed by atoms with van der Waals surface area (Å²) >= 11 is 0. The average Bonchev–Trinajstić information content (AvgIpc) is 3.12. The van der Waals surface area contributed by atoms with Crippen molar-refractivity contribution < 1.29 is 13.9 Å². The van der Waals surface area contributed by atoms with Crippen molar-refractivity contribution in [3.05, 3.63) is 99.7 Å². The molecule has 0 bridgehead atoms. The quantitative estimate of drug-likeness (QED) is 0.372. The summed E-state index contributed by atoms with van der Waals surface area (Å²) in [5.41, 5.74) is 3.22. The summed E-state index contributed by atoms with van der Waals surface area (Å²) in [5.74, 6) is 0.871. The van der Waals surface area contributed by atoms with Crippen molar-refractivity contribution in [2.24, 2.45) is 0 Å². The van der Waals surface area contributed by atoms with Gasteiger partial charge in [-0.3, -0.25) is 4.79 Å². The SMILES string of the molecule is Cc1nn(-c2ccc(Oc3ccc(NC(=O)c4cc5ccccc5oc4=O)cc3)nn2)c(C)c1C. The third-order valence-electron chi connectivity index (χ3n) is 5.72. The van der Waals surface area contributed by atoms with Gasteiger partial charge in [-0.05, 0) is 68.8 Å². The molecule has 174 valence electrons. The lowest BCUT2D eigenvalue weighted by molar-refractivity contribution is 0.102. The van der Waals surface area contributed by atoms with Crippen molar-refractivity contribution in [3.8, 4) is 17.4 Å². The van der Waals surface area contributed by atoms with E-state index in [0.717, 1.165) is 17.0 Å². The molecule has 0 aliphatic heterocycles. The van der Waals surface area contributed by atoms with Crippen molar-refractivity contribution in [2.45, 2.75) is 20.8 Å². The van der Waals surface area contributed by atoms with Crippen LogP contribution in [-0.2, 0) is 0 Å². The number of carbonyl (C=O) groups excluding carboxylic acids is 1. The second kappa shape index (κ2) is 8.86. The maximum atomic E-state index is 12.6. The fourth-order valence-electron chi connectivity index (χ4n) is 3.57. The van der Waals surface area contributed by atoms with E-state index in [9.17, 15) is 9.59 Å². The minimum atomic E-state index is -0.696. The van der Waals surface area contributed by atoms with Crippen molar-refractivity contribution >= 4 is 22.6 Å². The minimum Gasteiger partial charge on any atom is -0.438 e. The van der Waals surface area contributed by atoms with Crippen LogP contribution in [-0.4, -0.2) is 25.9 Å². The summed E-state index contributed by atoms with van der Waals surface area (Å²) in [4.78, 5) is 24.8. The van der Waals surface area contributed by atoms with Gasteiger partial charge in [0, 0.05) is 22.8 Å². The van der Waals surface area contributed by atoms with Crippen molar-refractivity contribution in [1.29, 1.82) is 0 Å². The van der Waals surface area contributed by atoms with Gasteiger partial charge < -0.3 is 14.5 Å². The molecule has 0 saturated carbocycles. The minimum absolute atomic E-state index is 0.0720. The molecule has 5 aromatic rings. The normalized spacial score (nSPS) is 10.9. The molecular weight excluding hydrogens is 446 g/mol. The van der Waals surface area contributed by atoms with Gasteiger partial charge in [0.1, 0.15) is 16.9 Å². The number of hydrogen-bond donors (Lipinski definition) is 1. The first kappa shape index (κ1) is 22.0. The van der Waals surface area contributed by atoms with Crippen LogP contribution < -0.4 is 15.7 Å². The zero-order valence-corrected chi connectivity index (χ0v) is 19.3. The number of rotatable bonds is 5. The molecule has 9 nitrogen and oxygen atoms in total. The third-order valence-corrected chi connectivity index (χ3v) is 5.72. The summed E-state index contributed by atoms with van der Waals surface area (Å²) < 4.78 is 12.7. The Balaban J connectivity index is 1.27. The molecule has 0 saturated heterocycles. The van der Waals surface area contributed by atoms with E-state index in [2.05, 4.69) is 20.6 Å². The highest BCUT2D eigenvalue weighted by Gasteiger charge is 2.14. The Labute approximate surface area is 200 Å². The van der Waals surface area contributed by atoms with E-state index in [1.807, 2.05) is 20.8 Å². The summed E-state index contributed by atoms with van der Waals surface area (Å²) in [6.45, 7) is 5.95. The van der Waals surface area contributed by atoms with E-state index in [-0.39, 0.29) is 5.56 Å². The standard InChI is InChI=1S/C26H21N5O4/c1-15-16(2)30-31(17(15)3)23-12-13-24(29-28-23)34-20-10-8-19(9-11-20)27-25(32)21-14-18-6-4-5-7-22(18)35-26(21)33/h4-14H,1-3H3,(H,27,32). The molecule has 3 aromatic heterocycles. The fourth-order valence-corrected chi connectivity index (χ4v) is 3.57.